The van der Waals surface area contributed by atoms with Gasteiger partial charge >= 0.3 is 0 Å². The van der Waals surface area contributed by atoms with Gasteiger partial charge in [-0.2, -0.15) is 0 Å². The highest BCUT2D eigenvalue weighted by Gasteiger charge is 2.51. The summed E-state index contributed by atoms with van der Waals surface area (Å²) in [5.41, 5.74) is 12.0. The van der Waals surface area contributed by atoms with Gasteiger partial charge in [-0.1, -0.05) is 111 Å². The number of ether oxygens (including phenoxy) is 4. The van der Waals surface area contributed by atoms with Crippen molar-refractivity contribution in [3.05, 3.63) is 148 Å². The van der Waals surface area contributed by atoms with Crippen molar-refractivity contribution in [3.63, 3.8) is 0 Å². The number of fused-ring (bicyclic) bond motifs is 10. The number of hydrogen-bond donors (Lipinski definition) is 0. The van der Waals surface area contributed by atoms with Gasteiger partial charge in [0, 0.05) is 51.2 Å². The van der Waals surface area contributed by atoms with Crippen molar-refractivity contribution in [2.75, 3.05) is 45.4 Å². The largest absolute Gasteiger partial charge is 0.497 e. The predicted molar refractivity (Wildman–Crippen MR) is 251 cm³/mol. The molecule has 6 heteroatoms. The van der Waals surface area contributed by atoms with Crippen LogP contribution in [0.25, 0.3) is 28.0 Å². The van der Waals surface area contributed by atoms with Crippen LogP contribution in [0, 0.1) is 19.3 Å². The van der Waals surface area contributed by atoms with Gasteiger partial charge in [-0.3, -0.25) is 0 Å². The number of nitrogens with zero attached hydrogens (tertiary/aromatic N) is 1. The highest BCUT2D eigenvalue weighted by molar-refractivity contribution is 7.99. The maximum Gasteiger partial charge on any atom is 0.178 e. The van der Waals surface area contributed by atoms with Gasteiger partial charge in [-0.25, -0.2) is 0 Å². The molecule has 1 unspecified atom stereocenters. The third-order valence-electron chi connectivity index (χ3n) is 15.0. The van der Waals surface area contributed by atoms with Crippen LogP contribution >= 0.6 is 11.8 Å². The molecule has 2 aliphatic carbocycles. The summed E-state index contributed by atoms with van der Waals surface area (Å²) in [6.07, 6.45) is 11.9. The first-order valence-corrected chi connectivity index (χ1v) is 23.1. The number of aryl methyl sites for hydroxylation is 2. The Balaban J connectivity index is 1.24. The molecule has 2 aliphatic heterocycles. The Morgan fingerprint density at radius 1 is 0.721 bits per heavy atom. The average Bonchev–Trinajstić information content (AvgIpc) is 3.60. The molecule has 0 bridgehead atoms. The summed E-state index contributed by atoms with van der Waals surface area (Å²) in [4.78, 5) is 4.79. The van der Waals surface area contributed by atoms with E-state index < -0.39 is 5.60 Å². The van der Waals surface area contributed by atoms with Gasteiger partial charge in [-0.05, 0) is 126 Å². The van der Waals surface area contributed by atoms with E-state index in [-0.39, 0.29) is 5.41 Å². The van der Waals surface area contributed by atoms with Crippen molar-refractivity contribution in [2.45, 2.75) is 87.0 Å². The average molecular weight is 828 g/mol. The number of benzene rings is 6. The van der Waals surface area contributed by atoms with Crippen LogP contribution < -0.4 is 19.1 Å². The van der Waals surface area contributed by atoms with Crippen molar-refractivity contribution in [3.8, 4) is 28.4 Å². The van der Waals surface area contributed by atoms with Crippen LogP contribution in [0.5, 0.6) is 17.2 Å². The maximum atomic E-state index is 7.88. The molecule has 6 aromatic rings. The first kappa shape index (κ1) is 39.9. The summed E-state index contributed by atoms with van der Waals surface area (Å²) in [6, 6.07) is 38.0. The molecule has 0 radical (unpaired) electrons. The second-order valence-electron chi connectivity index (χ2n) is 17.7. The van der Waals surface area contributed by atoms with Gasteiger partial charge in [0.2, 0.25) is 0 Å². The molecule has 1 spiro atoms. The smallest absolute Gasteiger partial charge is 0.178 e. The number of morpholine rings is 1. The number of anilines is 1. The molecular formula is C55H57NO4S. The van der Waals surface area contributed by atoms with Crippen LogP contribution in [0.4, 0.5) is 5.69 Å². The number of hydrogen-bond acceptors (Lipinski definition) is 6. The normalized spacial score (nSPS) is 19.6. The second-order valence-corrected chi connectivity index (χ2v) is 18.8. The van der Waals surface area contributed by atoms with Crippen molar-refractivity contribution >= 4 is 34.3 Å². The molecular weight excluding hydrogens is 771 g/mol. The molecule has 2 fully saturated rings. The first-order chi connectivity index (χ1) is 29.8. The van der Waals surface area contributed by atoms with Crippen molar-refractivity contribution in [1.82, 2.24) is 0 Å². The highest BCUT2D eigenvalue weighted by atomic mass is 32.2. The minimum Gasteiger partial charge on any atom is -0.497 e. The molecule has 6 aromatic carbocycles. The SMILES string of the molecule is CCC1(CC)CCC2(CC1)c1ccccc1-c1c2c2c(c3cc(OC)c(Sc4c(C)cccc4C)cc13)OC(c1ccc(OC)cc1)(c1ccc(N3CCOCC3)cc1)C=C2. The van der Waals surface area contributed by atoms with Crippen molar-refractivity contribution in [2.24, 2.45) is 5.41 Å². The molecule has 2 heterocycles. The molecule has 61 heavy (non-hydrogen) atoms. The summed E-state index contributed by atoms with van der Waals surface area (Å²) in [5.74, 6) is 2.58. The minimum atomic E-state index is -0.909. The lowest BCUT2D eigenvalue weighted by molar-refractivity contribution is 0.122. The summed E-state index contributed by atoms with van der Waals surface area (Å²) in [6.45, 7) is 12.5. The van der Waals surface area contributed by atoms with Crippen molar-refractivity contribution in [1.29, 1.82) is 0 Å². The number of methoxy groups -OCH3 is 2. The Labute approximate surface area is 366 Å². The van der Waals surface area contributed by atoms with E-state index in [0.29, 0.717) is 5.41 Å². The fourth-order valence-corrected chi connectivity index (χ4v) is 12.3. The molecule has 0 amide bonds. The fourth-order valence-electron chi connectivity index (χ4n) is 11.2. The molecule has 1 saturated heterocycles. The molecule has 4 aliphatic rings. The fraction of sp³-hybridized carbons (Fsp3) is 0.345. The van der Waals surface area contributed by atoms with Crippen LogP contribution in [0.15, 0.2) is 119 Å². The predicted octanol–water partition coefficient (Wildman–Crippen LogP) is 13.5. The van der Waals surface area contributed by atoms with Crippen molar-refractivity contribution < 1.29 is 18.9 Å². The van der Waals surface area contributed by atoms with Crippen LogP contribution in [0.1, 0.15) is 91.3 Å². The Hall–Kier alpha value is -5.17. The van der Waals surface area contributed by atoms with E-state index in [4.69, 9.17) is 18.9 Å². The molecule has 312 valence electrons. The molecule has 5 nitrogen and oxygen atoms in total. The van der Waals surface area contributed by atoms with E-state index in [1.54, 1.807) is 14.2 Å². The lowest BCUT2D eigenvalue weighted by atomic mass is 9.58. The first-order valence-electron chi connectivity index (χ1n) is 22.3. The minimum absolute atomic E-state index is 0.120. The zero-order valence-corrected chi connectivity index (χ0v) is 37.3. The van der Waals surface area contributed by atoms with E-state index in [1.807, 2.05) is 23.9 Å². The lowest BCUT2D eigenvalue weighted by Crippen LogP contribution is -2.38. The lowest BCUT2D eigenvalue weighted by Gasteiger charge is -2.47. The Morgan fingerprint density at radius 3 is 2.05 bits per heavy atom. The maximum absolute atomic E-state index is 7.88. The van der Waals surface area contributed by atoms with Gasteiger partial charge in [0.15, 0.2) is 5.60 Å². The van der Waals surface area contributed by atoms with Crippen LogP contribution in [-0.4, -0.2) is 40.5 Å². The Bertz CT molecular complexity index is 2630. The number of rotatable bonds is 9. The summed E-state index contributed by atoms with van der Waals surface area (Å²) >= 11 is 1.81. The van der Waals surface area contributed by atoms with E-state index in [0.717, 1.165) is 77.8 Å². The van der Waals surface area contributed by atoms with Gasteiger partial charge < -0.3 is 23.8 Å². The molecule has 0 aromatic heterocycles. The van der Waals surface area contributed by atoms with E-state index in [1.165, 1.54) is 80.6 Å². The second kappa shape index (κ2) is 15.6. The quantitative estimate of drug-likeness (QED) is 0.145. The molecule has 10 rings (SSSR count). The summed E-state index contributed by atoms with van der Waals surface area (Å²) in [7, 11) is 3.52. The monoisotopic (exact) mass is 827 g/mol. The van der Waals surface area contributed by atoms with Gasteiger partial charge in [0.05, 0.1) is 32.3 Å². The highest BCUT2D eigenvalue weighted by Crippen LogP contribution is 2.65. The van der Waals surface area contributed by atoms with E-state index in [2.05, 4.69) is 136 Å². The van der Waals surface area contributed by atoms with Gasteiger partial charge in [0.1, 0.15) is 17.2 Å². The van der Waals surface area contributed by atoms with E-state index >= 15 is 0 Å². The third-order valence-corrected chi connectivity index (χ3v) is 16.4. The zero-order chi connectivity index (χ0) is 41.9. The van der Waals surface area contributed by atoms with Gasteiger partial charge in [0.25, 0.3) is 0 Å². The summed E-state index contributed by atoms with van der Waals surface area (Å²) < 4.78 is 25.6. The van der Waals surface area contributed by atoms with Gasteiger partial charge in [-0.15, -0.1) is 0 Å². The van der Waals surface area contributed by atoms with E-state index in [9.17, 15) is 0 Å². The molecule has 0 N–H and O–H groups in total. The standard InChI is InChI=1S/C55H57NO4S/c1-7-53(8-2)26-28-54(29-27-53)46-15-10-9-14-42(46)49-44-35-48(61-52-36(3)12-11-13-37(52)4)47(58-6)34-45(44)51-43(50(49)54)24-25-55(60-51,39-18-22-41(57-5)23-19-39)38-16-20-40(21-17-38)56-30-32-59-33-31-56/h9-25,34-35H,7-8,26-33H2,1-6H3. The molecule has 1 saturated carbocycles. The summed E-state index contributed by atoms with van der Waals surface area (Å²) in [5, 5.41) is 2.29. The third kappa shape index (κ3) is 6.38. The Morgan fingerprint density at radius 2 is 1.39 bits per heavy atom. The van der Waals surface area contributed by atoms with Crippen LogP contribution in [0.3, 0.4) is 0 Å². The van der Waals surface area contributed by atoms with Crippen LogP contribution in [-0.2, 0) is 15.8 Å². The topological polar surface area (TPSA) is 40.2 Å². The zero-order valence-electron chi connectivity index (χ0n) is 36.5. The molecule has 1 atom stereocenters. The van der Waals surface area contributed by atoms with Crippen LogP contribution in [0.2, 0.25) is 0 Å². The Kier molecular flexibility index (Phi) is 10.2.